The smallest absolute Gasteiger partial charge is 0.321 e. The van der Waals surface area contributed by atoms with Gasteiger partial charge in [-0.3, -0.25) is 14.9 Å². The molecule has 0 aliphatic rings. The average Bonchev–Trinajstić information content (AvgIpc) is 2.95. The number of benzene rings is 1. The minimum Gasteiger partial charge on any atom is -0.453 e. The zero-order valence-corrected chi connectivity index (χ0v) is 12.8. The molecule has 122 valence electrons. The number of amides is 3. The third-order valence-corrected chi connectivity index (χ3v) is 3.02. The van der Waals surface area contributed by atoms with Crippen LogP contribution in [0.5, 0.6) is 0 Å². The Morgan fingerprint density at radius 2 is 2.04 bits per heavy atom. The number of carbonyl (C=O) groups is 3. The molecule has 0 aliphatic heterocycles. The minimum absolute atomic E-state index is 0.0183. The first-order valence-electron chi connectivity index (χ1n) is 7.06. The summed E-state index contributed by atoms with van der Waals surface area (Å²) in [5, 5.41) is 4.26. The number of esters is 1. The molecular weight excluding hydrogens is 302 g/mol. The Bertz CT molecular complexity index is 692. The number of nitrogens with zero attached hydrogens (tertiary/aromatic N) is 1. The molecule has 2 rings (SSSR count). The first kappa shape index (κ1) is 16.5. The summed E-state index contributed by atoms with van der Waals surface area (Å²) < 4.78 is 10.4. The average molecular weight is 319 g/mol. The molecule has 23 heavy (non-hydrogen) atoms. The summed E-state index contributed by atoms with van der Waals surface area (Å²) in [6.45, 7) is 1.38. The number of hydrogen-bond donors (Lipinski definition) is 2. The first-order chi connectivity index (χ1) is 11.0. The molecule has 0 spiro atoms. The van der Waals surface area contributed by atoms with E-state index in [1.165, 1.54) is 14.0 Å². The molecule has 3 amide bonds. The van der Waals surface area contributed by atoms with E-state index < -0.39 is 24.0 Å². The van der Waals surface area contributed by atoms with E-state index in [4.69, 9.17) is 9.15 Å². The standard InChI is InChI=1S/C15H17N3O5/c1-9(14(20)18-15(21)16-2)22-13(19)8-7-12-17-10-5-3-4-6-11(10)23-12/h3-6,9H,7-8H2,1-2H3,(H2,16,18,20,21)/t9-/m0/s1. The van der Waals surface area contributed by atoms with Gasteiger partial charge in [-0.2, -0.15) is 0 Å². The molecule has 0 bridgehead atoms. The topological polar surface area (TPSA) is 111 Å². The number of nitrogens with one attached hydrogen (secondary N) is 2. The van der Waals surface area contributed by atoms with Gasteiger partial charge >= 0.3 is 12.0 Å². The van der Waals surface area contributed by atoms with Gasteiger partial charge in [-0.15, -0.1) is 0 Å². The Kier molecular flexibility index (Phi) is 5.29. The van der Waals surface area contributed by atoms with Crippen molar-refractivity contribution >= 4 is 29.0 Å². The molecule has 0 aliphatic carbocycles. The summed E-state index contributed by atoms with van der Waals surface area (Å²) >= 11 is 0. The number of aromatic nitrogens is 1. The number of aryl methyl sites for hydroxylation is 1. The van der Waals surface area contributed by atoms with Gasteiger partial charge in [-0.1, -0.05) is 12.1 Å². The highest BCUT2D eigenvalue weighted by Gasteiger charge is 2.19. The van der Waals surface area contributed by atoms with E-state index in [1.807, 2.05) is 23.5 Å². The van der Waals surface area contributed by atoms with Crippen LogP contribution in [-0.2, 0) is 20.7 Å². The van der Waals surface area contributed by atoms with Crippen molar-refractivity contribution in [1.82, 2.24) is 15.6 Å². The highest BCUT2D eigenvalue weighted by Crippen LogP contribution is 2.15. The molecular formula is C15H17N3O5. The van der Waals surface area contributed by atoms with Crippen LogP contribution in [0.15, 0.2) is 28.7 Å². The monoisotopic (exact) mass is 319 g/mol. The third-order valence-electron chi connectivity index (χ3n) is 3.02. The van der Waals surface area contributed by atoms with Crippen molar-refractivity contribution in [2.75, 3.05) is 7.05 Å². The van der Waals surface area contributed by atoms with Gasteiger partial charge in [0.25, 0.3) is 5.91 Å². The van der Waals surface area contributed by atoms with Gasteiger partial charge < -0.3 is 14.5 Å². The summed E-state index contributed by atoms with van der Waals surface area (Å²) in [5.41, 5.74) is 1.36. The number of fused-ring (bicyclic) bond motifs is 1. The van der Waals surface area contributed by atoms with Crippen molar-refractivity contribution in [2.45, 2.75) is 25.9 Å². The summed E-state index contributed by atoms with van der Waals surface area (Å²) in [6, 6.07) is 6.61. The Hall–Kier alpha value is -2.90. The zero-order chi connectivity index (χ0) is 16.8. The van der Waals surface area contributed by atoms with Crippen LogP contribution in [0, 0.1) is 0 Å². The van der Waals surface area contributed by atoms with E-state index >= 15 is 0 Å². The van der Waals surface area contributed by atoms with E-state index in [-0.39, 0.29) is 12.8 Å². The number of hydrogen-bond acceptors (Lipinski definition) is 6. The largest absolute Gasteiger partial charge is 0.453 e. The maximum Gasteiger partial charge on any atom is 0.321 e. The van der Waals surface area contributed by atoms with E-state index in [1.54, 1.807) is 6.07 Å². The fraction of sp³-hybridized carbons (Fsp3) is 0.333. The number of rotatable bonds is 5. The Balaban J connectivity index is 1.82. The van der Waals surface area contributed by atoms with Crippen LogP contribution >= 0.6 is 0 Å². The SMILES string of the molecule is CNC(=O)NC(=O)[C@H](C)OC(=O)CCc1nc2ccccc2o1. The van der Waals surface area contributed by atoms with Crippen LogP contribution in [0.4, 0.5) is 4.79 Å². The molecule has 1 atom stereocenters. The number of para-hydroxylation sites is 2. The second-order valence-corrected chi connectivity index (χ2v) is 4.78. The lowest BCUT2D eigenvalue weighted by atomic mass is 10.3. The van der Waals surface area contributed by atoms with E-state index in [0.29, 0.717) is 17.0 Å². The summed E-state index contributed by atoms with van der Waals surface area (Å²) in [6.07, 6.45) is -0.787. The van der Waals surface area contributed by atoms with Gasteiger partial charge in [0.1, 0.15) is 5.52 Å². The number of urea groups is 1. The summed E-state index contributed by atoms with van der Waals surface area (Å²) in [5.74, 6) is -0.850. The lowest BCUT2D eigenvalue weighted by Crippen LogP contribution is -2.43. The van der Waals surface area contributed by atoms with Crippen LogP contribution < -0.4 is 10.6 Å². The molecule has 0 unspecified atom stereocenters. The third kappa shape index (κ3) is 4.53. The van der Waals surface area contributed by atoms with Crippen LogP contribution in [0.3, 0.4) is 0 Å². The molecule has 0 radical (unpaired) electrons. The van der Waals surface area contributed by atoms with Crippen molar-refractivity contribution in [2.24, 2.45) is 0 Å². The van der Waals surface area contributed by atoms with E-state index in [2.05, 4.69) is 10.3 Å². The Labute approximate surface area is 132 Å². The lowest BCUT2D eigenvalue weighted by Gasteiger charge is -2.12. The highest BCUT2D eigenvalue weighted by atomic mass is 16.5. The first-order valence-corrected chi connectivity index (χ1v) is 7.06. The molecule has 2 aromatic rings. The van der Waals surface area contributed by atoms with Gasteiger partial charge in [-0.25, -0.2) is 9.78 Å². The molecule has 0 fully saturated rings. The molecule has 8 heteroatoms. The van der Waals surface area contributed by atoms with Crippen LogP contribution in [0.1, 0.15) is 19.2 Å². The number of carbonyl (C=O) groups excluding carboxylic acids is 3. The molecule has 1 heterocycles. The molecule has 0 saturated carbocycles. The second kappa shape index (κ2) is 7.39. The van der Waals surface area contributed by atoms with Gasteiger partial charge in [0, 0.05) is 13.5 Å². The molecule has 0 saturated heterocycles. The maximum atomic E-state index is 11.7. The number of oxazole rings is 1. The predicted octanol–water partition coefficient (Wildman–Crippen LogP) is 1.15. The predicted molar refractivity (Wildman–Crippen MR) is 80.5 cm³/mol. The highest BCUT2D eigenvalue weighted by molar-refractivity contribution is 5.96. The summed E-state index contributed by atoms with van der Waals surface area (Å²) in [4.78, 5) is 38.5. The van der Waals surface area contributed by atoms with Crippen molar-refractivity contribution in [3.05, 3.63) is 30.2 Å². The Morgan fingerprint density at radius 1 is 1.30 bits per heavy atom. The van der Waals surface area contributed by atoms with Crippen molar-refractivity contribution in [3.63, 3.8) is 0 Å². The zero-order valence-electron chi connectivity index (χ0n) is 12.8. The van der Waals surface area contributed by atoms with Crippen molar-refractivity contribution in [1.29, 1.82) is 0 Å². The Morgan fingerprint density at radius 3 is 2.74 bits per heavy atom. The molecule has 1 aromatic heterocycles. The van der Waals surface area contributed by atoms with Gasteiger partial charge in [0.15, 0.2) is 17.6 Å². The maximum absolute atomic E-state index is 11.7. The quantitative estimate of drug-likeness (QED) is 0.800. The van der Waals surface area contributed by atoms with Gasteiger partial charge in [-0.05, 0) is 19.1 Å². The number of imide groups is 1. The molecule has 2 N–H and O–H groups in total. The molecule has 8 nitrogen and oxygen atoms in total. The van der Waals surface area contributed by atoms with Crippen LogP contribution in [0.2, 0.25) is 0 Å². The van der Waals surface area contributed by atoms with E-state index in [0.717, 1.165) is 0 Å². The van der Waals surface area contributed by atoms with E-state index in [9.17, 15) is 14.4 Å². The molecule has 1 aromatic carbocycles. The van der Waals surface area contributed by atoms with Crippen LogP contribution in [-0.4, -0.2) is 36.0 Å². The van der Waals surface area contributed by atoms with Gasteiger partial charge in [0.2, 0.25) is 0 Å². The summed E-state index contributed by atoms with van der Waals surface area (Å²) in [7, 11) is 1.37. The fourth-order valence-electron chi connectivity index (χ4n) is 1.82. The second-order valence-electron chi connectivity index (χ2n) is 4.78. The van der Waals surface area contributed by atoms with Crippen molar-refractivity contribution < 1.29 is 23.5 Å². The lowest BCUT2D eigenvalue weighted by molar-refractivity contribution is -0.154. The fourth-order valence-corrected chi connectivity index (χ4v) is 1.82. The van der Waals surface area contributed by atoms with Gasteiger partial charge in [0.05, 0.1) is 6.42 Å². The van der Waals surface area contributed by atoms with Crippen molar-refractivity contribution in [3.8, 4) is 0 Å². The van der Waals surface area contributed by atoms with Crippen LogP contribution in [0.25, 0.3) is 11.1 Å². The normalized spacial score (nSPS) is 11.7. The minimum atomic E-state index is -1.07. The number of ether oxygens (including phenoxy) is 1.